The molecule has 1 aliphatic heterocycles. The van der Waals surface area contributed by atoms with Crippen LogP contribution < -0.4 is 10.2 Å². The number of anilines is 1. The molecule has 1 aromatic carbocycles. The maximum Gasteiger partial charge on any atom is 0.317 e. The van der Waals surface area contributed by atoms with Crippen molar-refractivity contribution in [2.75, 3.05) is 58.3 Å². The van der Waals surface area contributed by atoms with E-state index in [0.717, 1.165) is 32.7 Å². The Balaban J connectivity index is 1.77. The summed E-state index contributed by atoms with van der Waals surface area (Å²) in [7, 11) is 4.01. The molecule has 5 nitrogen and oxygen atoms in total. The minimum Gasteiger partial charge on any atom is -0.368 e. The average Bonchev–Trinajstić information content (AvgIpc) is 2.48. The van der Waals surface area contributed by atoms with Gasteiger partial charge in [-0.05, 0) is 33.2 Å². The highest BCUT2D eigenvalue weighted by Gasteiger charge is 2.20. The highest BCUT2D eigenvalue weighted by atomic mass is 16.2. The quantitative estimate of drug-likeness (QED) is 0.911. The van der Waals surface area contributed by atoms with Crippen LogP contribution in [-0.4, -0.2) is 69.2 Å². The smallest absolute Gasteiger partial charge is 0.317 e. The molecule has 0 aliphatic carbocycles. The van der Waals surface area contributed by atoms with E-state index in [9.17, 15) is 4.79 Å². The number of rotatable bonds is 4. The number of nitrogens with one attached hydrogen (secondary N) is 1. The van der Waals surface area contributed by atoms with Crippen LogP contribution in [0, 0.1) is 6.92 Å². The Hall–Kier alpha value is -1.75. The second-order valence-corrected chi connectivity index (χ2v) is 5.84. The van der Waals surface area contributed by atoms with Crippen molar-refractivity contribution < 1.29 is 4.79 Å². The lowest BCUT2D eigenvalue weighted by Gasteiger charge is -2.36. The van der Waals surface area contributed by atoms with Crippen LogP contribution in [0.5, 0.6) is 0 Å². The number of piperazine rings is 1. The highest BCUT2D eigenvalue weighted by molar-refractivity contribution is 5.74. The van der Waals surface area contributed by atoms with Gasteiger partial charge in [-0.1, -0.05) is 17.7 Å². The molecule has 0 aromatic heterocycles. The predicted octanol–water partition coefficient (Wildman–Crippen LogP) is 1.39. The third-order valence-corrected chi connectivity index (χ3v) is 3.80. The van der Waals surface area contributed by atoms with Gasteiger partial charge in [-0.3, -0.25) is 0 Å². The molecular weight excluding hydrogens is 264 g/mol. The standard InChI is InChI=1S/C16H26N4O/c1-14-4-6-15(7-5-14)19-10-12-20(13-11-19)16(21)17-8-9-18(2)3/h4-7H,8-13H2,1-3H3,(H,17,21). The molecule has 1 heterocycles. The van der Waals surface area contributed by atoms with Crippen molar-refractivity contribution >= 4 is 11.7 Å². The number of carbonyl (C=O) groups is 1. The van der Waals surface area contributed by atoms with Crippen LogP contribution in [0.4, 0.5) is 10.5 Å². The molecule has 0 atom stereocenters. The summed E-state index contributed by atoms with van der Waals surface area (Å²) in [5, 5.41) is 2.97. The van der Waals surface area contributed by atoms with Crippen LogP contribution in [0.25, 0.3) is 0 Å². The lowest BCUT2D eigenvalue weighted by Crippen LogP contribution is -2.52. The third kappa shape index (κ3) is 4.63. The summed E-state index contributed by atoms with van der Waals surface area (Å²) in [5.74, 6) is 0. The Morgan fingerprint density at radius 1 is 1.14 bits per heavy atom. The maximum atomic E-state index is 12.0. The normalized spacial score (nSPS) is 15.4. The molecule has 21 heavy (non-hydrogen) atoms. The van der Waals surface area contributed by atoms with E-state index in [1.54, 1.807) is 0 Å². The Bertz CT molecular complexity index is 450. The van der Waals surface area contributed by atoms with Gasteiger partial charge in [0.2, 0.25) is 0 Å². The number of amides is 2. The molecule has 116 valence electrons. The van der Waals surface area contributed by atoms with E-state index < -0.39 is 0 Å². The highest BCUT2D eigenvalue weighted by Crippen LogP contribution is 2.17. The van der Waals surface area contributed by atoms with Gasteiger partial charge in [0.25, 0.3) is 0 Å². The summed E-state index contributed by atoms with van der Waals surface area (Å²) < 4.78 is 0. The van der Waals surface area contributed by atoms with E-state index >= 15 is 0 Å². The van der Waals surface area contributed by atoms with E-state index in [4.69, 9.17) is 0 Å². The Labute approximate surface area is 127 Å². The van der Waals surface area contributed by atoms with Crippen molar-refractivity contribution in [3.05, 3.63) is 29.8 Å². The third-order valence-electron chi connectivity index (χ3n) is 3.80. The lowest BCUT2D eigenvalue weighted by molar-refractivity contribution is 0.193. The molecular formula is C16H26N4O. The summed E-state index contributed by atoms with van der Waals surface area (Å²) in [6.45, 7) is 7.01. The molecule has 0 bridgehead atoms. The second kappa shape index (κ2) is 7.31. The van der Waals surface area contributed by atoms with Crippen LogP contribution in [0.3, 0.4) is 0 Å². The minimum absolute atomic E-state index is 0.0559. The number of carbonyl (C=O) groups excluding carboxylic acids is 1. The van der Waals surface area contributed by atoms with Gasteiger partial charge in [0.15, 0.2) is 0 Å². The number of benzene rings is 1. The Morgan fingerprint density at radius 2 is 1.76 bits per heavy atom. The summed E-state index contributed by atoms with van der Waals surface area (Å²) in [6.07, 6.45) is 0. The van der Waals surface area contributed by atoms with E-state index in [2.05, 4.69) is 46.3 Å². The minimum atomic E-state index is 0.0559. The number of hydrogen-bond acceptors (Lipinski definition) is 3. The van der Waals surface area contributed by atoms with Gasteiger partial charge < -0.3 is 20.0 Å². The van der Waals surface area contributed by atoms with Crippen LogP contribution in [0.15, 0.2) is 24.3 Å². The number of hydrogen-bond donors (Lipinski definition) is 1. The van der Waals surface area contributed by atoms with E-state index in [-0.39, 0.29) is 6.03 Å². The molecule has 1 fully saturated rings. The van der Waals surface area contributed by atoms with Gasteiger partial charge in [-0.25, -0.2) is 4.79 Å². The van der Waals surface area contributed by atoms with Crippen molar-refractivity contribution in [2.24, 2.45) is 0 Å². The van der Waals surface area contributed by atoms with Crippen LogP contribution in [0.1, 0.15) is 5.56 Å². The maximum absolute atomic E-state index is 12.0. The molecule has 1 aromatic rings. The fourth-order valence-corrected chi connectivity index (χ4v) is 2.42. The van der Waals surface area contributed by atoms with Crippen molar-refractivity contribution in [1.29, 1.82) is 0 Å². The molecule has 5 heteroatoms. The summed E-state index contributed by atoms with van der Waals surface area (Å²) in [4.78, 5) is 18.3. The molecule has 1 saturated heterocycles. The summed E-state index contributed by atoms with van der Waals surface area (Å²) in [5.41, 5.74) is 2.52. The number of urea groups is 1. The van der Waals surface area contributed by atoms with Gasteiger partial charge in [-0.15, -0.1) is 0 Å². The van der Waals surface area contributed by atoms with E-state index in [1.807, 2.05) is 19.0 Å². The number of nitrogens with zero attached hydrogens (tertiary/aromatic N) is 3. The van der Waals surface area contributed by atoms with Crippen molar-refractivity contribution in [2.45, 2.75) is 6.92 Å². The molecule has 1 aliphatic rings. The first-order valence-corrected chi connectivity index (χ1v) is 7.55. The first-order chi connectivity index (χ1) is 10.1. The van der Waals surface area contributed by atoms with Crippen molar-refractivity contribution in [1.82, 2.24) is 15.1 Å². The molecule has 0 saturated carbocycles. The largest absolute Gasteiger partial charge is 0.368 e. The van der Waals surface area contributed by atoms with Crippen LogP contribution in [-0.2, 0) is 0 Å². The first kappa shape index (κ1) is 15.6. The summed E-state index contributed by atoms with van der Waals surface area (Å²) >= 11 is 0. The van der Waals surface area contributed by atoms with Crippen LogP contribution >= 0.6 is 0 Å². The lowest BCUT2D eigenvalue weighted by atomic mass is 10.2. The molecule has 1 N–H and O–H groups in total. The van der Waals surface area contributed by atoms with E-state index in [1.165, 1.54) is 11.3 Å². The molecule has 0 radical (unpaired) electrons. The monoisotopic (exact) mass is 290 g/mol. The zero-order valence-electron chi connectivity index (χ0n) is 13.3. The van der Waals surface area contributed by atoms with Gasteiger partial charge in [0.1, 0.15) is 0 Å². The molecule has 0 spiro atoms. The predicted molar refractivity (Wildman–Crippen MR) is 86.9 cm³/mol. The van der Waals surface area contributed by atoms with Gasteiger partial charge in [0, 0.05) is 45.0 Å². The number of aryl methyl sites for hydroxylation is 1. The molecule has 2 amide bonds. The van der Waals surface area contributed by atoms with Gasteiger partial charge in [-0.2, -0.15) is 0 Å². The fourth-order valence-electron chi connectivity index (χ4n) is 2.42. The second-order valence-electron chi connectivity index (χ2n) is 5.84. The van der Waals surface area contributed by atoms with Crippen molar-refractivity contribution in [3.63, 3.8) is 0 Å². The first-order valence-electron chi connectivity index (χ1n) is 7.55. The SMILES string of the molecule is Cc1ccc(N2CCN(C(=O)NCCN(C)C)CC2)cc1. The topological polar surface area (TPSA) is 38.8 Å². The van der Waals surface area contributed by atoms with Crippen LogP contribution in [0.2, 0.25) is 0 Å². The Morgan fingerprint density at radius 3 is 2.33 bits per heavy atom. The zero-order chi connectivity index (χ0) is 15.2. The fraction of sp³-hybridized carbons (Fsp3) is 0.562. The van der Waals surface area contributed by atoms with Gasteiger partial charge >= 0.3 is 6.03 Å². The molecule has 0 unspecified atom stereocenters. The van der Waals surface area contributed by atoms with Gasteiger partial charge in [0.05, 0.1) is 0 Å². The van der Waals surface area contributed by atoms with E-state index in [0.29, 0.717) is 6.54 Å². The zero-order valence-corrected chi connectivity index (χ0v) is 13.3. The van der Waals surface area contributed by atoms with Crippen molar-refractivity contribution in [3.8, 4) is 0 Å². The average molecular weight is 290 g/mol. The summed E-state index contributed by atoms with van der Waals surface area (Å²) in [6, 6.07) is 8.63. The number of likely N-dealkylation sites (N-methyl/N-ethyl adjacent to an activating group) is 1. The Kier molecular flexibility index (Phi) is 5.44. The molecule has 2 rings (SSSR count).